The van der Waals surface area contributed by atoms with E-state index in [0.29, 0.717) is 35.1 Å². The predicted octanol–water partition coefficient (Wildman–Crippen LogP) is 6.43. The lowest BCUT2D eigenvalue weighted by Gasteiger charge is -2.20. The quantitative estimate of drug-likeness (QED) is 0.485. The van der Waals surface area contributed by atoms with Crippen LogP contribution >= 0.6 is 11.6 Å². The number of alkyl halides is 2. The average molecular weight is 437 g/mol. The minimum atomic E-state index is -2.32. The maximum absolute atomic E-state index is 12.3. The normalized spacial score (nSPS) is 14.7. The fraction of sp³-hybridized carbons (Fsp3) is 0.364. The molecular weight excluding hydrogens is 410 g/mol. The van der Waals surface area contributed by atoms with E-state index < -0.39 is 5.92 Å². The van der Waals surface area contributed by atoms with Crippen LogP contribution in [0.3, 0.4) is 0 Å². The van der Waals surface area contributed by atoms with E-state index in [1.54, 1.807) is 48.5 Å². The highest BCUT2D eigenvalue weighted by atomic mass is 35.5. The van der Waals surface area contributed by atoms with Gasteiger partial charge in [-0.1, -0.05) is 44.0 Å². The molecule has 162 valence electrons. The first kappa shape index (κ1) is 23.6. The van der Waals surface area contributed by atoms with Gasteiger partial charge in [-0.2, -0.15) is 5.10 Å². The van der Waals surface area contributed by atoms with E-state index in [4.69, 9.17) is 17.3 Å². The first-order valence-electron chi connectivity index (χ1n) is 10.0. The molecule has 2 aromatic heterocycles. The van der Waals surface area contributed by atoms with Crippen LogP contribution in [0.4, 0.5) is 20.3 Å². The van der Waals surface area contributed by atoms with Crippen LogP contribution in [0, 0.1) is 0 Å². The second-order valence-corrected chi connectivity index (χ2v) is 7.07. The van der Waals surface area contributed by atoms with Crippen LogP contribution < -0.4 is 11.1 Å². The molecule has 2 heterocycles. The second-order valence-electron chi connectivity index (χ2n) is 6.66. The van der Waals surface area contributed by atoms with Gasteiger partial charge in [0.2, 0.25) is 5.92 Å². The standard InChI is InChI=1S/C14H11ClN4O.C6H10F2.C2H6/c15-10-3-1-2-4-11(10)17-14(20)12-7-5-9-6-8-13(16)18-19(9)12;7-6(8)4-2-1-3-5-6;1-2/h1-8H,(H2,16,18)(H,17,20);1-5H2;1-2H3. The van der Waals surface area contributed by atoms with Crippen LogP contribution in [0.5, 0.6) is 0 Å². The highest BCUT2D eigenvalue weighted by molar-refractivity contribution is 6.33. The van der Waals surface area contributed by atoms with Crippen LogP contribution in [-0.2, 0) is 0 Å². The van der Waals surface area contributed by atoms with E-state index in [1.807, 2.05) is 13.8 Å². The smallest absolute Gasteiger partial charge is 0.274 e. The number of carbonyl (C=O) groups is 1. The van der Waals surface area contributed by atoms with E-state index in [-0.39, 0.29) is 18.7 Å². The van der Waals surface area contributed by atoms with Gasteiger partial charge in [-0.3, -0.25) is 4.79 Å². The summed E-state index contributed by atoms with van der Waals surface area (Å²) in [6.07, 6.45) is 2.66. The third-order valence-corrected chi connectivity index (χ3v) is 4.79. The minimum Gasteiger partial charge on any atom is -0.382 e. The Kier molecular flexibility index (Phi) is 8.59. The number of nitrogens with two attached hydrogens (primary N) is 1. The molecule has 1 fully saturated rings. The molecule has 0 atom stereocenters. The van der Waals surface area contributed by atoms with Crippen molar-refractivity contribution >= 4 is 34.5 Å². The second kappa shape index (κ2) is 10.9. The fourth-order valence-corrected chi connectivity index (χ4v) is 3.17. The van der Waals surface area contributed by atoms with Crippen LogP contribution in [-0.4, -0.2) is 21.4 Å². The number of nitrogens with zero attached hydrogens (tertiary/aromatic N) is 2. The molecule has 1 aliphatic rings. The number of anilines is 2. The number of hydrogen-bond donors (Lipinski definition) is 2. The van der Waals surface area contributed by atoms with Gasteiger partial charge in [0, 0.05) is 12.8 Å². The monoisotopic (exact) mass is 436 g/mol. The Morgan fingerprint density at radius 1 is 1.07 bits per heavy atom. The number of halogens is 3. The van der Waals surface area contributed by atoms with Crippen molar-refractivity contribution in [3.05, 3.63) is 59.2 Å². The largest absolute Gasteiger partial charge is 0.382 e. The predicted molar refractivity (Wildman–Crippen MR) is 118 cm³/mol. The van der Waals surface area contributed by atoms with Crippen molar-refractivity contribution in [2.24, 2.45) is 0 Å². The van der Waals surface area contributed by atoms with Crippen LogP contribution in [0.2, 0.25) is 5.02 Å². The summed E-state index contributed by atoms with van der Waals surface area (Å²) in [5.74, 6) is -2.27. The number of rotatable bonds is 2. The molecule has 0 radical (unpaired) electrons. The number of fused-ring (bicyclic) bond motifs is 1. The molecule has 1 saturated carbocycles. The molecule has 1 aliphatic carbocycles. The van der Waals surface area contributed by atoms with Gasteiger partial charge in [0.05, 0.1) is 16.2 Å². The Bertz CT molecular complexity index is 967. The lowest BCUT2D eigenvalue weighted by Crippen LogP contribution is -2.18. The number of hydrogen-bond acceptors (Lipinski definition) is 3. The maximum atomic E-state index is 12.3. The lowest BCUT2D eigenvalue weighted by molar-refractivity contribution is -0.0337. The highest BCUT2D eigenvalue weighted by Gasteiger charge is 2.30. The molecule has 0 aliphatic heterocycles. The van der Waals surface area contributed by atoms with Crippen molar-refractivity contribution in [2.45, 2.75) is 51.9 Å². The van der Waals surface area contributed by atoms with E-state index >= 15 is 0 Å². The number of para-hydroxylation sites is 1. The molecule has 0 unspecified atom stereocenters. The zero-order valence-corrected chi connectivity index (χ0v) is 17.9. The molecule has 1 amide bonds. The molecule has 1 aromatic carbocycles. The Balaban J connectivity index is 0.000000269. The summed E-state index contributed by atoms with van der Waals surface area (Å²) in [6.45, 7) is 4.00. The van der Waals surface area contributed by atoms with Gasteiger partial charge >= 0.3 is 0 Å². The van der Waals surface area contributed by atoms with Crippen molar-refractivity contribution in [2.75, 3.05) is 11.1 Å². The lowest BCUT2D eigenvalue weighted by atomic mass is 9.97. The molecule has 30 heavy (non-hydrogen) atoms. The molecule has 0 bridgehead atoms. The number of nitrogen functional groups attached to an aromatic ring is 1. The van der Waals surface area contributed by atoms with Crippen molar-refractivity contribution in [3.8, 4) is 0 Å². The third kappa shape index (κ3) is 6.42. The molecule has 3 aromatic rings. The summed E-state index contributed by atoms with van der Waals surface area (Å²) in [5.41, 5.74) is 7.39. The van der Waals surface area contributed by atoms with Crippen LogP contribution in [0.15, 0.2) is 48.5 Å². The molecule has 3 N–H and O–H groups in total. The third-order valence-electron chi connectivity index (χ3n) is 4.46. The summed E-state index contributed by atoms with van der Waals surface area (Å²) >= 11 is 6.02. The van der Waals surface area contributed by atoms with E-state index in [1.165, 1.54) is 4.52 Å². The van der Waals surface area contributed by atoms with E-state index in [0.717, 1.165) is 11.9 Å². The fourth-order valence-electron chi connectivity index (χ4n) is 2.99. The van der Waals surface area contributed by atoms with Crippen LogP contribution in [0.25, 0.3) is 5.52 Å². The SMILES string of the molecule is CC.FC1(F)CCCCC1.Nc1ccc2ccc(C(=O)Nc3ccccc3Cl)n2n1. The van der Waals surface area contributed by atoms with Gasteiger partial charge in [-0.05, 0) is 49.2 Å². The van der Waals surface area contributed by atoms with E-state index in [2.05, 4.69) is 10.4 Å². The summed E-state index contributed by atoms with van der Waals surface area (Å²) in [5, 5.41) is 7.35. The Labute approximate surface area is 180 Å². The van der Waals surface area contributed by atoms with Crippen molar-refractivity contribution < 1.29 is 13.6 Å². The minimum absolute atomic E-state index is 0.118. The molecular formula is C22H27ClF2N4O. The maximum Gasteiger partial charge on any atom is 0.274 e. The first-order chi connectivity index (χ1) is 14.4. The van der Waals surface area contributed by atoms with Crippen molar-refractivity contribution in [1.82, 2.24) is 9.61 Å². The molecule has 0 saturated heterocycles. The van der Waals surface area contributed by atoms with Gasteiger partial charge in [0.25, 0.3) is 5.91 Å². The summed E-state index contributed by atoms with van der Waals surface area (Å²) in [7, 11) is 0. The number of nitrogens with one attached hydrogen (secondary N) is 1. The van der Waals surface area contributed by atoms with Gasteiger partial charge in [-0.25, -0.2) is 13.3 Å². The summed E-state index contributed by atoms with van der Waals surface area (Å²) < 4.78 is 25.9. The van der Waals surface area contributed by atoms with Crippen molar-refractivity contribution in [1.29, 1.82) is 0 Å². The topological polar surface area (TPSA) is 72.4 Å². The van der Waals surface area contributed by atoms with Gasteiger partial charge in [-0.15, -0.1) is 0 Å². The Morgan fingerprint density at radius 3 is 2.30 bits per heavy atom. The molecule has 4 rings (SSSR count). The average Bonchev–Trinajstić information content (AvgIpc) is 3.15. The van der Waals surface area contributed by atoms with Gasteiger partial charge in [0.1, 0.15) is 11.5 Å². The number of carbonyl (C=O) groups excluding carboxylic acids is 1. The summed E-state index contributed by atoms with van der Waals surface area (Å²) in [6, 6.07) is 14.0. The van der Waals surface area contributed by atoms with Crippen LogP contribution in [0.1, 0.15) is 56.4 Å². The highest BCUT2D eigenvalue weighted by Crippen LogP contribution is 2.32. The first-order valence-corrected chi connectivity index (χ1v) is 10.4. The number of amides is 1. The zero-order chi connectivity index (χ0) is 22.1. The van der Waals surface area contributed by atoms with Gasteiger partial charge < -0.3 is 11.1 Å². The molecule has 5 nitrogen and oxygen atoms in total. The van der Waals surface area contributed by atoms with E-state index in [9.17, 15) is 13.6 Å². The Hall–Kier alpha value is -2.67. The van der Waals surface area contributed by atoms with Crippen molar-refractivity contribution in [3.63, 3.8) is 0 Å². The molecule has 8 heteroatoms. The zero-order valence-electron chi connectivity index (χ0n) is 17.2. The van der Waals surface area contributed by atoms with Gasteiger partial charge in [0.15, 0.2) is 0 Å². The molecule has 0 spiro atoms. The number of aromatic nitrogens is 2. The Morgan fingerprint density at radius 2 is 1.70 bits per heavy atom. The summed E-state index contributed by atoms with van der Waals surface area (Å²) in [4.78, 5) is 12.3. The number of benzene rings is 1.